The van der Waals surface area contributed by atoms with E-state index in [1.807, 2.05) is 6.20 Å². The first-order valence-electron chi connectivity index (χ1n) is 12.5. The lowest BCUT2D eigenvalue weighted by Gasteiger charge is -2.33. The third kappa shape index (κ3) is 7.55. The molecule has 1 amide bonds. The number of hydrogen-bond acceptors (Lipinski definition) is 5. The molecule has 0 spiro atoms. The van der Waals surface area contributed by atoms with E-state index in [1.54, 1.807) is 42.2 Å². The first kappa shape index (κ1) is 26.7. The Hall–Kier alpha value is -3.40. The number of aromatic nitrogens is 3. The van der Waals surface area contributed by atoms with E-state index >= 15 is 0 Å². The number of amides is 1. The van der Waals surface area contributed by atoms with Crippen LogP contribution in [0, 0.1) is 0 Å². The number of nitrogens with one attached hydrogen (secondary N) is 1. The minimum atomic E-state index is -4.41. The van der Waals surface area contributed by atoms with Crippen LogP contribution in [-0.4, -0.2) is 64.0 Å². The fraction of sp³-hybridized carbons (Fsp3) is 0.444. The molecule has 0 bridgehead atoms. The Labute approximate surface area is 214 Å². The van der Waals surface area contributed by atoms with Crippen molar-refractivity contribution in [3.63, 3.8) is 0 Å². The van der Waals surface area contributed by atoms with E-state index in [9.17, 15) is 18.0 Å². The average Bonchev–Trinajstić information content (AvgIpc) is 3.32. The number of alkyl halides is 3. The van der Waals surface area contributed by atoms with Crippen molar-refractivity contribution in [3.8, 4) is 28.3 Å². The second kappa shape index (κ2) is 11.8. The number of ether oxygens (including phenoxy) is 1. The van der Waals surface area contributed by atoms with Crippen molar-refractivity contribution in [2.24, 2.45) is 7.05 Å². The molecular weight excluding hydrogens is 483 g/mol. The molecule has 4 rings (SSSR count). The van der Waals surface area contributed by atoms with Gasteiger partial charge in [-0.1, -0.05) is 6.42 Å². The van der Waals surface area contributed by atoms with Gasteiger partial charge in [0.1, 0.15) is 5.75 Å². The van der Waals surface area contributed by atoms with Crippen LogP contribution in [0.5, 0.6) is 5.75 Å². The van der Waals surface area contributed by atoms with E-state index in [4.69, 9.17) is 4.74 Å². The van der Waals surface area contributed by atoms with Crippen molar-refractivity contribution >= 4 is 5.91 Å². The quantitative estimate of drug-likeness (QED) is 0.402. The lowest BCUT2D eigenvalue weighted by molar-refractivity contribution is -0.153. The fourth-order valence-electron chi connectivity index (χ4n) is 4.47. The molecule has 198 valence electrons. The largest absolute Gasteiger partial charge is 0.484 e. The number of carbonyl (C=O) groups is 1. The molecule has 2 aromatic heterocycles. The highest BCUT2D eigenvalue weighted by Gasteiger charge is 2.28. The first-order valence-corrected chi connectivity index (χ1v) is 12.5. The van der Waals surface area contributed by atoms with E-state index in [2.05, 4.69) is 27.2 Å². The Morgan fingerprint density at radius 3 is 2.51 bits per heavy atom. The lowest BCUT2D eigenvalue weighted by atomic mass is 10.0. The molecule has 1 aliphatic rings. The summed E-state index contributed by atoms with van der Waals surface area (Å²) < 4.78 is 43.8. The number of likely N-dealkylation sites (tertiary alicyclic amines) is 1. The zero-order valence-corrected chi connectivity index (χ0v) is 21.1. The van der Waals surface area contributed by atoms with Crippen LogP contribution >= 0.6 is 0 Å². The first-order chi connectivity index (χ1) is 17.7. The van der Waals surface area contributed by atoms with Crippen LogP contribution in [-0.2, 0) is 7.05 Å². The van der Waals surface area contributed by atoms with E-state index < -0.39 is 12.8 Å². The van der Waals surface area contributed by atoms with Crippen LogP contribution < -0.4 is 10.1 Å². The van der Waals surface area contributed by atoms with E-state index in [1.165, 1.54) is 31.4 Å². The molecule has 1 N–H and O–H groups in total. The number of pyridine rings is 1. The lowest BCUT2D eigenvalue weighted by Crippen LogP contribution is -2.39. The van der Waals surface area contributed by atoms with Gasteiger partial charge in [0.05, 0.1) is 17.6 Å². The second-order valence-electron chi connectivity index (χ2n) is 9.45. The van der Waals surface area contributed by atoms with Crippen molar-refractivity contribution in [1.29, 1.82) is 0 Å². The van der Waals surface area contributed by atoms with Crippen molar-refractivity contribution in [3.05, 3.63) is 54.4 Å². The number of nitrogens with zero attached hydrogens (tertiary/aromatic N) is 4. The van der Waals surface area contributed by atoms with Gasteiger partial charge >= 0.3 is 6.18 Å². The smallest absolute Gasteiger partial charge is 0.422 e. The minimum absolute atomic E-state index is 0.102. The summed E-state index contributed by atoms with van der Waals surface area (Å²) in [5.74, 6) is -0.101. The molecule has 1 atom stereocenters. The van der Waals surface area contributed by atoms with Gasteiger partial charge < -0.3 is 15.0 Å². The van der Waals surface area contributed by atoms with Crippen LogP contribution in [0.4, 0.5) is 13.2 Å². The fourth-order valence-corrected chi connectivity index (χ4v) is 4.47. The Balaban J connectivity index is 1.48. The summed E-state index contributed by atoms with van der Waals surface area (Å²) >= 11 is 0. The zero-order chi connectivity index (χ0) is 26.4. The predicted octanol–water partition coefficient (Wildman–Crippen LogP) is 5.08. The van der Waals surface area contributed by atoms with Crippen molar-refractivity contribution < 1.29 is 22.7 Å². The highest BCUT2D eigenvalue weighted by atomic mass is 19.4. The summed E-state index contributed by atoms with van der Waals surface area (Å²) in [6.07, 6.45) is 3.65. The van der Waals surface area contributed by atoms with Crippen molar-refractivity contribution in [2.45, 2.75) is 44.8 Å². The summed E-state index contributed by atoms with van der Waals surface area (Å²) in [6.45, 7) is 3.52. The molecule has 1 saturated heterocycles. The maximum absolute atomic E-state index is 13.1. The molecule has 1 aliphatic heterocycles. The summed E-state index contributed by atoms with van der Waals surface area (Å²) in [4.78, 5) is 20.2. The van der Waals surface area contributed by atoms with Gasteiger partial charge in [-0.05, 0) is 69.1 Å². The molecule has 10 heteroatoms. The van der Waals surface area contributed by atoms with Crippen LogP contribution in [0.2, 0.25) is 0 Å². The second-order valence-corrected chi connectivity index (χ2v) is 9.45. The molecule has 0 aliphatic carbocycles. The number of rotatable bonds is 9. The van der Waals surface area contributed by atoms with Gasteiger partial charge in [0.15, 0.2) is 6.61 Å². The van der Waals surface area contributed by atoms with Gasteiger partial charge in [0, 0.05) is 49.1 Å². The van der Waals surface area contributed by atoms with E-state index in [0.717, 1.165) is 25.1 Å². The van der Waals surface area contributed by atoms with Gasteiger partial charge in [-0.15, -0.1) is 0 Å². The summed E-state index contributed by atoms with van der Waals surface area (Å²) in [7, 11) is 1.80. The average molecular weight is 516 g/mol. The number of halogens is 3. The molecule has 0 radical (unpaired) electrons. The highest BCUT2D eigenvalue weighted by molar-refractivity contribution is 5.96. The highest BCUT2D eigenvalue weighted by Crippen LogP contribution is 2.27. The molecule has 0 saturated carbocycles. The van der Waals surface area contributed by atoms with Gasteiger partial charge in [0.25, 0.3) is 5.91 Å². The number of benzene rings is 1. The van der Waals surface area contributed by atoms with Crippen LogP contribution in [0.3, 0.4) is 0 Å². The van der Waals surface area contributed by atoms with Gasteiger partial charge in [-0.3, -0.25) is 9.48 Å². The number of aryl methyl sites for hydroxylation is 1. The summed E-state index contributed by atoms with van der Waals surface area (Å²) in [6, 6.07) is 10.2. The van der Waals surface area contributed by atoms with Gasteiger partial charge in [0.2, 0.25) is 0 Å². The van der Waals surface area contributed by atoms with E-state index in [-0.39, 0.29) is 11.7 Å². The minimum Gasteiger partial charge on any atom is -0.484 e. The summed E-state index contributed by atoms with van der Waals surface area (Å²) in [5.41, 5.74) is 2.96. The molecule has 1 fully saturated rings. The Morgan fingerprint density at radius 1 is 1.14 bits per heavy atom. The number of hydrogen-bond donors (Lipinski definition) is 1. The predicted molar refractivity (Wildman–Crippen MR) is 135 cm³/mol. The molecule has 1 unspecified atom stereocenters. The van der Waals surface area contributed by atoms with Crippen molar-refractivity contribution in [2.75, 3.05) is 26.2 Å². The van der Waals surface area contributed by atoms with E-state index in [0.29, 0.717) is 35.1 Å². The molecule has 7 nitrogen and oxygen atoms in total. The molecule has 3 heterocycles. The summed E-state index contributed by atoms with van der Waals surface area (Å²) in [5, 5.41) is 7.21. The van der Waals surface area contributed by atoms with Gasteiger partial charge in [-0.2, -0.15) is 18.3 Å². The Kier molecular flexibility index (Phi) is 8.48. The normalized spacial score (nSPS) is 16.5. The Morgan fingerprint density at radius 2 is 1.86 bits per heavy atom. The third-order valence-electron chi connectivity index (χ3n) is 6.49. The SMILES string of the molecule is CC1CCCCN1CCCNC(=O)c1cc(-c2ccc(OCC(F)(F)F)cc2)nc(-c2cnn(C)c2)c1. The molecule has 1 aromatic carbocycles. The van der Waals surface area contributed by atoms with Crippen LogP contribution in [0.1, 0.15) is 43.0 Å². The standard InChI is InChI=1S/C27H32F3N5O2/c1-19-6-3-4-12-35(19)13-5-11-31-26(36)21-14-24(33-25(15-21)22-16-32-34(2)17-22)20-7-9-23(10-8-20)37-18-27(28,29)30/h7-10,14-17,19H,3-6,11-13,18H2,1-2H3,(H,31,36). The molecule has 37 heavy (non-hydrogen) atoms. The zero-order valence-electron chi connectivity index (χ0n) is 21.1. The molecular formula is C27H32F3N5O2. The maximum Gasteiger partial charge on any atom is 0.422 e. The molecule has 3 aromatic rings. The van der Waals surface area contributed by atoms with Gasteiger partial charge in [-0.25, -0.2) is 4.98 Å². The maximum atomic E-state index is 13.1. The monoisotopic (exact) mass is 515 g/mol. The van der Waals surface area contributed by atoms with Crippen LogP contribution in [0.25, 0.3) is 22.5 Å². The third-order valence-corrected chi connectivity index (χ3v) is 6.49. The number of carbonyl (C=O) groups excluding carboxylic acids is 1. The topological polar surface area (TPSA) is 72.3 Å². The van der Waals surface area contributed by atoms with Crippen LogP contribution in [0.15, 0.2) is 48.8 Å². The van der Waals surface area contributed by atoms with Crippen molar-refractivity contribution in [1.82, 2.24) is 25.0 Å². The Bertz CT molecular complexity index is 1190. The number of piperidine rings is 1.